The monoisotopic (exact) mass is 234 g/mol. The van der Waals surface area contributed by atoms with E-state index >= 15 is 0 Å². The Labute approximate surface area is 101 Å². The minimum Gasteiger partial charge on any atom is -0.396 e. The van der Waals surface area contributed by atoms with Gasteiger partial charge in [-0.2, -0.15) is 0 Å². The number of piperidine rings is 1. The van der Waals surface area contributed by atoms with Gasteiger partial charge in [0.05, 0.1) is 5.69 Å². The molecule has 0 radical (unpaired) electrons. The van der Waals surface area contributed by atoms with Crippen molar-refractivity contribution in [2.75, 3.05) is 17.2 Å². The molecule has 0 bridgehead atoms. The van der Waals surface area contributed by atoms with Gasteiger partial charge >= 0.3 is 0 Å². The minimum atomic E-state index is -0.300. The van der Waals surface area contributed by atoms with Crippen LogP contribution in [0, 0.1) is 6.92 Å². The number of hydrogen-bond acceptors (Lipinski definition) is 4. The number of nitrogens with zero attached hydrogens (tertiary/aromatic N) is 2. The molecule has 0 saturated carbocycles. The second-order valence-electron chi connectivity index (χ2n) is 4.53. The molecule has 1 atom stereocenters. The Hall–Kier alpha value is -1.78. The van der Waals surface area contributed by atoms with E-state index in [9.17, 15) is 4.79 Å². The fraction of sp³-hybridized carbons (Fsp3) is 0.500. The molecule has 1 fully saturated rings. The number of nitrogen functional groups attached to an aromatic ring is 1. The standard InChI is InChI=1S/C12H18N4O/c1-8-6-9(13)12(15-7-8)16-5-3-2-4-10(16)11(14)17/h6-7,10H,2-5,13H2,1H3,(H2,14,17). The summed E-state index contributed by atoms with van der Waals surface area (Å²) in [6.45, 7) is 2.72. The number of aromatic nitrogens is 1. The Morgan fingerprint density at radius 2 is 2.29 bits per heavy atom. The SMILES string of the molecule is Cc1cnc(N2CCCCC2C(N)=O)c(N)c1. The van der Waals surface area contributed by atoms with Crippen molar-refractivity contribution in [3.8, 4) is 0 Å². The van der Waals surface area contributed by atoms with Gasteiger partial charge in [-0.15, -0.1) is 0 Å². The van der Waals surface area contributed by atoms with Gasteiger partial charge in [0.15, 0.2) is 5.82 Å². The highest BCUT2D eigenvalue weighted by molar-refractivity contribution is 5.84. The van der Waals surface area contributed by atoms with E-state index in [1.807, 2.05) is 17.9 Å². The lowest BCUT2D eigenvalue weighted by Crippen LogP contribution is -2.48. The van der Waals surface area contributed by atoms with Crippen LogP contribution < -0.4 is 16.4 Å². The van der Waals surface area contributed by atoms with Crippen LogP contribution in [0.2, 0.25) is 0 Å². The molecule has 92 valence electrons. The molecular weight excluding hydrogens is 216 g/mol. The van der Waals surface area contributed by atoms with Gasteiger partial charge in [-0.1, -0.05) is 0 Å². The van der Waals surface area contributed by atoms with E-state index in [1.54, 1.807) is 6.20 Å². The van der Waals surface area contributed by atoms with Crippen LogP contribution in [0.25, 0.3) is 0 Å². The summed E-state index contributed by atoms with van der Waals surface area (Å²) < 4.78 is 0. The average Bonchev–Trinajstić information content (AvgIpc) is 2.29. The average molecular weight is 234 g/mol. The Balaban J connectivity index is 2.32. The number of pyridine rings is 1. The van der Waals surface area contributed by atoms with Crippen molar-refractivity contribution in [3.63, 3.8) is 0 Å². The zero-order valence-corrected chi connectivity index (χ0v) is 10.0. The van der Waals surface area contributed by atoms with Crippen LogP contribution in [0.4, 0.5) is 11.5 Å². The molecule has 0 spiro atoms. The van der Waals surface area contributed by atoms with Gasteiger partial charge in [0.25, 0.3) is 0 Å². The number of carbonyl (C=O) groups is 1. The van der Waals surface area contributed by atoms with Crippen LogP contribution in [-0.4, -0.2) is 23.5 Å². The molecular formula is C12H18N4O. The number of nitrogens with two attached hydrogens (primary N) is 2. The molecule has 1 aromatic rings. The highest BCUT2D eigenvalue weighted by Gasteiger charge is 2.28. The Morgan fingerprint density at radius 1 is 1.53 bits per heavy atom. The molecule has 1 aromatic heterocycles. The van der Waals surface area contributed by atoms with Crippen molar-refractivity contribution in [1.29, 1.82) is 0 Å². The molecule has 17 heavy (non-hydrogen) atoms. The molecule has 1 unspecified atom stereocenters. The zero-order valence-electron chi connectivity index (χ0n) is 10.0. The first-order chi connectivity index (χ1) is 8.09. The lowest BCUT2D eigenvalue weighted by atomic mass is 10.0. The summed E-state index contributed by atoms with van der Waals surface area (Å²) in [7, 11) is 0. The van der Waals surface area contributed by atoms with Crippen LogP contribution in [-0.2, 0) is 4.79 Å². The highest BCUT2D eigenvalue weighted by Crippen LogP contribution is 2.27. The second kappa shape index (κ2) is 4.61. The summed E-state index contributed by atoms with van der Waals surface area (Å²) in [5.41, 5.74) is 13.0. The molecule has 1 aliphatic rings. The second-order valence-corrected chi connectivity index (χ2v) is 4.53. The summed E-state index contributed by atoms with van der Waals surface area (Å²) in [6.07, 6.45) is 4.61. The number of anilines is 2. The predicted molar refractivity (Wildman–Crippen MR) is 67.6 cm³/mol. The van der Waals surface area contributed by atoms with Crippen molar-refractivity contribution < 1.29 is 4.79 Å². The van der Waals surface area contributed by atoms with Crippen LogP contribution in [0.1, 0.15) is 24.8 Å². The number of rotatable bonds is 2. The lowest BCUT2D eigenvalue weighted by Gasteiger charge is -2.35. The third-order valence-corrected chi connectivity index (χ3v) is 3.14. The van der Waals surface area contributed by atoms with E-state index in [-0.39, 0.29) is 11.9 Å². The van der Waals surface area contributed by atoms with Crippen LogP contribution >= 0.6 is 0 Å². The van der Waals surface area contributed by atoms with Gasteiger partial charge in [0, 0.05) is 12.7 Å². The first-order valence-corrected chi connectivity index (χ1v) is 5.87. The topological polar surface area (TPSA) is 85.2 Å². The van der Waals surface area contributed by atoms with E-state index in [0.717, 1.165) is 31.4 Å². The molecule has 5 nitrogen and oxygen atoms in total. The van der Waals surface area contributed by atoms with Crippen LogP contribution in [0.5, 0.6) is 0 Å². The Morgan fingerprint density at radius 3 is 2.94 bits per heavy atom. The molecule has 4 N–H and O–H groups in total. The van der Waals surface area contributed by atoms with Crippen LogP contribution in [0.15, 0.2) is 12.3 Å². The molecule has 0 aromatic carbocycles. The normalized spacial score (nSPS) is 20.3. The first-order valence-electron chi connectivity index (χ1n) is 5.87. The summed E-state index contributed by atoms with van der Waals surface area (Å²) in [4.78, 5) is 17.7. The van der Waals surface area contributed by atoms with E-state index < -0.39 is 0 Å². The lowest BCUT2D eigenvalue weighted by molar-refractivity contribution is -0.119. The molecule has 0 aliphatic carbocycles. The molecule has 2 heterocycles. The fourth-order valence-corrected chi connectivity index (χ4v) is 2.31. The minimum absolute atomic E-state index is 0.277. The van der Waals surface area contributed by atoms with E-state index in [4.69, 9.17) is 11.5 Å². The van der Waals surface area contributed by atoms with Gasteiger partial charge < -0.3 is 16.4 Å². The predicted octanol–water partition coefficient (Wildman–Crippen LogP) is 0.816. The molecule has 1 aliphatic heterocycles. The van der Waals surface area contributed by atoms with E-state index in [0.29, 0.717) is 11.5 Å². The number of carbonyl (C=O) groups excluding carboxylic acids is 1. The Kier molecular flexibility index (Phi) is 3.17. The van der Waals surface area contributed by atoms with Crippen molar-refractivity contribution in [1.82, 2.24) is 4.98 Å². The zero-order chi connectivity index (χ0) is 12.4. The van der Waals surface area contributed by atoms with Crippen molar-refractivity contribution >= 4 is 17.4 Å². The molecule has 5 heteroatoms. The van der Waals surface area contributed by atoms with E-state index in [2.05, 4.69) is 4.98 Å². The quantitative estimate of drug-likeness (QED) is 0.793. The van der Waals surface area contributed by atoms with Gasteiger partial charge in [0.2, 0.25) is 5.91 Å². The fourth-order valence-electron chi connectivity index (χ4n) is 2.31. The Bertz CT molecular complexity index is 433. The summed E-state index contributed by atoms with van der Waals surface area (Å²) in [5.74, 6) is 0.380. The summed E-state index contributed by atoms with van der Waals surface area (Å²) in [5, 5.41) is 0. The van der Waals surface area contributed by atoms with Gasteiger partial charge in [-0.05, 0) is 37.8 Å². The molecule has 2 rings (SSSR count). The van der Waals surface area contributed by atoms with Crippen molar-refractivity contribution in [2.45, 2.75) is 32.2 Å². The smallest absolute Gasteiger partial charge is 0.240 e. The third kappa shape index (κ3) is 2.33. The molecule has 1 saturated heterocycles. The third-order valence-electron chi connectivity index (χ3n) is 3.14. The van der Waals surface area contributed by atoms with Gasteiger partial charge in [-0.25, -0.2) is 4.98 Å². The number of amides is 1. The molecule has 1 amide bonds. The maximum absolute atomic E-state index is 11.4. The maximum atomic E-state index is 11.4. The first kappa shape index (κ1) is 11.7. The number of primary amides is 1. The highest BCUT2D eigenvalue weighted by atomic mass is 16.1. The number of hydrogen-bond donors (Lipinski definition) is 2. The van der Waals surface area contributed by atoms with Crippen molar-refractivity contribution in [3.05, 3.63) is 17.8 Å². The van der Waals surface area contributed by atoms with Gasteiger partial charge in [-0.3, -0.25) is 4.79 Å². The van der Waals surface area contributed by atoms with E-state index in [1.165, 1.54) is 0 Å². The largest absolute Gasteiger partial charge is 0.396 e. The summed E-state index contributed by atoms with van der Waals surface area (Å²) in [6, 6.07) is 1.59. The summed E-state index contributed by atoms with van der Waals surface area (Å²) >= 11 is 0. The van der Waals surface area contributed by atoms with Gasteiger partial charge in [0.1, 0.15) is 6.04 Å². The van der Waals surface area contributed by atoms with Crippen LogP contribution in [0.3, 0.4) is 0 Å². The number of aryl methyl sites for hydroxylation is 1. The maximum Gasteiger partial charge on any atom is 0.240 e. The van der Waals surface area contributed by atoms with Crippen molar-refractivity contribution in [2.24, 2.45) is 5.73 Å².